The number of aromatic nitrogens is 2. The van der Waals surface area contributed by atoms with Crippen LogP contribution in [-0.2, 0) is 32.6 Å². The molecule has 4 heterocycles. The zero-order chi connectivity index (χ0) is 22.8. The Morgan fingerprint density at radius 2 is 2.09 bits per heavy atom. The van der Waals surface area contributed by atoms with Gasteiger partial charge in [-0.05, 0) is 46.5 Å². The number of rotatable bonds is 5. The highest BCUT2D eigenvalue weighted by Crippen LogP contribution is 2.58. The molecule has 1 saturated carbocycles. The summed E-state index contributed by atoms with van der Waals surface area (Å²) in [6.07, 6.45) is 7.30. The maximum absolute atomic E-state index is 13.0. The first-order chi connectivity index (χ1) is 15.8. The van der Waals surface area contributed by atoms with Crippen LogP contribution in [0.5, 0.6) is 0 Å². The standard InChI is InChI=1S/C25H33N3O5/c1-15-20-19(32-22(15)23(29)26-11-16-4-5-24(2,3)33-16)10-25(6-7-25)18-13-28(27-21(18)20)12-17-14-30-8-9-31-17/h13,16-17H,4-12,14H2,1-3H3,(H,26,29)/t16?,17-/m0/s1. The van der Waals surface area contributed by atoms with Gasteiger partial charge in [0.1, 0.15) is 11.9 Å². The summed E-state index contributed by atoms with van der Waals surface area (Å²) in [5.74, 6) is 1.12. The van der Waals surface area contributed by atoms with Crippen molar-refractivity contribution < 1.29 is 23.4 Å². The summed E-state index contributed by atoms with van der Waals surface area (Å²) in [6.45, 7) is 9.20. The normalized spacial score (nSPS) is 26.8. The molecule has 8 nitrogen and oxygen atoms in total. The first-order valence-electron chi connectivity index (χ1n) is 12.2. The van der Waals surface area contributed by atoms with Crippen LogP contribution in [0.1, 0.15) is 67.0 Å². The van der Waals surface area contributed by atoms with Crippen LogP contribution in [0.3, 0.4) is 0 Å². The van der Waals surface area contributed by atoms with Crippen LogP contribution in [0, 0.1) is 6.92 Å². The van der Waals surface area contributed by atoms with E-state index in [4.69, 9.17) is 23.7 Å². The number of carbonyl (C=O) groups excluding carboxylic acids is 1. The second-order valence-corrected chi connectivity index (χ2v) is 10.7. The highest BCUT2D eigenvalue weighted by Gasteiger charge is 2.52. The van der Waals surface area contributed by atoms with Gasteiger partial charge >= 0.3 is 0 Å². The predicted octanol–water partition coefficient (Wildman–Crippen LogP) is 3.14. The molecule has 0 bridgehead atoms. The summed E-state index contributed by atoms with van der Waals surface area (Å²) in [6, 6.07) is 0. The van der Waals surface area contributed by atoms with Gasteiger partial charge in [-0.25, -0.2) is 0 Å². The first-order valence-corrected chi connectivity index (χ1v) is 12.2. The molecule has 2 aromatic rings. The number of amides is 1. The van der Waals surface area contributed by atoms with Gasteiger partial charge in [-0.15, -0.1) is 0 Å². The van der Waals surface area contributed by atoms with E-state index in [9.17, 15) is 4.79 Å². The molecule has 2 atom stereocenters. The zero-order valence-corrected chi connectivity index (χ0v) is 19.7. The molecule has 6 rings (SSSR count). The number of fused-ring (bicyclic) bond motifs is 4. The topological polar surface area (TPSA) is 87.8 Å². The van der Waals surface area contributed by atoms with E-state index in [-0.39, 0.29) is 29.1 Å². The molecule has 33 heavy (non-hydrogen) atoms. The number of nitrogens with zero attached hydrogens (tertiary/aromatic N) is 2. The first kappa shape index (κ1) is 21.4. The molecule has 0 aromatic carbocycles. The Bertz CT molecular complexity index is 1070. The van der Waals surface area contributed by atoms with Gasteiger partial charge in [0.05, 0.1) is 43.8 Å². The highest BCUT2D eigenvalue weighted by atomic mass is 16.6. The third-order valence-electron chi connectivity index (χ3n) is 7.67. The van der Waals surface area contributed by atoms with Crippen molar-refractivity contribution in [3.63, 3.8) is 0 Å². The predicted molar refractivity (Wildman–Crippen MR) is 120 cm³/mol. The molecule has 2 saturated heterocycles. The Kier molecular flexibility index (Phi) is 4.98. The van der Waals surface area contributed by atoms with E-state index in [2.05, 4.69) is 25.4 Å². The second-order valence-electron chi connectivity index (χ2n) is 10.7. The lowest BCUT2D eigenvalue weighted by Gasteiger charge is -2.22. The minimum atomic E-state index is -0.172. The number of hydrogen-bond donors (Lipinski definition) is 1. The van der Waals surface area contributed by atoms with Crippen LogP contribution in [0.25, 0.3) is 11.3 Å². The number of nitrogens with one attached hydrogen (secondary N) is 1. The van der Waals surface area contributed by atoms with E-state index in [0.717, 1.165) is 54.7 Å². The van der Waals surface area contributed by atoms with Crippen molar-refractivity contribution >= 4 is 5.91 Å². The summed E-state index contributed by atoms with van der Waals surface area (Å²) in [4.78, 5) is 13.0. The largest absolute Gasteiger partial charge is 0.455 e. The quantitative estimate of drug-likeness (QED) is 0.745. The zero-order valence-electron chi connectivity index (χ0n) is 19.7. The summed E-state index contributed by atoms with van der Waals surface area (Å²) in [5, 5.41) is 7.98. The summed E-state index contributed by atoms with van der Waals surface area (Å²) in [5.41, 5.74) is 4.10. The number of carbonyl (C=O) groups is 1. The third-order valence-corrected chi connectivity index (χ3v) is 7.67. The fourth-order valence-corrected chi connectivity index (χ4v) is 5.67. The van der Waals surface area contributed by atoms with E-state index in [1.54, 1.807) is 0 Å². The van der Waals surface area contributed by atoms with Gasteiger partial charge in [-0.3, -0.25) is 9.48 Å². The smallest absolute Gasteiger partial charge is 0.287 e. The lowest BCUT2D eigenvalue weighted by molar-refractivity contribution is -0.0946. The van der Waals surface area contributed by atoms with Crippen LogP contribution in [0.2, 0.25) is 0 Å². The number of hydrogen-bond acceptors (Lipinski definition) is 6. The van der Waals surface area contributed by atoms with Crippen molar-refractivity contribution in [1.82, 2.24) is 15.1 Å². The van der Waals surface area contributed by atoms with Crippen molar-refractivity contribution in [3.05, 3.63) is 28.8 Å². The number of furan rings is 1. The second kappa shape index (κ2) is 7.68. The molecule has 2 aliphatic carbocycles. The maximum Gasteiger partial charge on any atom is 0.287 e. The third kappa shape index (κ3) is 3.82. The van der Waals surface area contributed by atoms with E-state index < -0.39 is 0 Å². The summed E-state index contributed by atoms with van der Waals surface area (Å²) < 4.78 is 25.6. The maximum atomic E-state index is 13.0. The van der Waals surface area contributed by atoms with Crippen molar-refractivity contribution in [3.8, 4) is 11.3 Å². The monoisotopic (exact) mass is 455 g/mol. The molecule has 2 aliphatic heterocycles. The Hall–Kier alpha value is -2.16. The highest BCUT2D eigenvalue weighted by molar-refractivity contribution is 5.95. The molecule has 8 heteroatoms. The fraction of sp³-hybridized carbons (Fsp3) is 0.680. The Morgan fingerprint density at radius 1 is 1.24 bits per heavy atom. The van der Waals surface area contributed by atoms with Gasteiger partial charge in [0.2, 0.25) is 0 Å². The minimum absolute atomic E-state index is 0.0179. The average Bonchev–Trinajstić information content (AvgIpc) is 3.10. The molecule has 3 fully saturated rings. The molecule has 1 N–H and O–H groups in total. The van der Waals surface area contributed by atoms with Crippen molar-refractivity contribution in [1.29, 1.82) is 0 Å². The van der Waals surface area contributed by atoms with E-state index in [1.165, 1.54) is 5.56 Å². The molecule has 1 spiro atoms. The van der Waals surface area contributed by atoms with E-state index in [0.29, 0.717) is 38.7 Å². The van der Waals surface area contributed by atoms with Gasteiger partial charge in [0, 0.05) is 41.3 Å². The van der Waals surface area contributed by atoms with Gasteiger partial charge in [0.15, 0.2) is 5.76 Å². The van der Waals surface area contributed by atoms with Crippen LogP contribution in [0.15, 0.2) is 10.6 Å². The summed E-state index contributed by atoms with van der Waals surface area (Å²) >= 11 is 0. The van der Waals surface area contributed by atoms with Gasteiger partial charge in [0.25, 0.3) is 5.91 Å². The number of ether oxygens (including phenoxy) is 3. The Labute approximate surface area is 193 Å². The SMILES string of the molecule is Cc1c(C(=O)NCC2CCC(C)(C)O2)oc2c1-c1nn(C[C@H]3COCCO3)cc1C1(CC1)C2. The van der Waals surface area contributed by atoms with E-state index >= 15 is 0 Å². The minimum Gasteiger partial charge on any atom is -0.455 e. The van der Waals surface area contributed by atoms with Crippen LogP contribution < -0.4 is 5.32 Å². The molecule has 2 aromatic heterocycles. The fourth-order valence-electron chi connectivity index (χ4n) is 5.67. The lowest BCUT2D eigenvalue weighted by Crippen LogP contribution is -2.33. The molecular weight excluding hydrogens is 422 g/mol. The molecule has 1 amide bonds. The molecule has 4 aliphatic rings. The van der Waals surface area contributed by atoms with Crippen LogP contribution in [-0.4, -0.2) is 59.9 Å². The van der Waals surface area contributed by atoms with Crippen molar-refractivity contribution in [2.75, 3.05) is 26.4 Å². The van der Waals surface area contributed by atoms with Crippen LogP contribution >= 0.6 is 0 Å². The molecule has 1 unspecified atom stereocenters. The molecule has 178 valence electrons. The van der Waals surface area contributed by atoms with Gasteiger partial charge < -0.3 is 23.9 Å². The van der Waals surface area contributed by atoms with Crippen LogP contribution in [0.4, 0.5) is 0 Å². The van der Waals surface area contributed by atoms with Crippen molar-refractivity contribution in [2.45, 2.75) is 82.6 Å². The Morgan fingerprint density at radius 3 is 2.79 bits per heavy atom. The average molecular weight is 456 g/mol. The lowest BCUT2D eigenvalue weighted by atomic mass is 9.82. The Balaban J connectivity index is 1.24. The summed E-state index contributed by atoms with van der Waals surface area (Å²) in [7, 11) is 0. The van der Waals surface area contributed by atoms with Gasteiger partial charge in [-0.2, -0.15) is 5.10 Å². The van der Waals surface area contributed by atoms with E-state index in [1.807, 2.05) is 11.6 Å². The van der Waals surface area contributed by atoms with Gasteiger partial charge in [-0.1, -0.05) is 0 Å². The molecule has 0 radical (unpaired) electrons. The van der Waals surface area contributed by atoms with Crippen molar-refractivity contribution in [2.24, 2.45) is 0 Å². The molecular formula is C25H33N3O5.